The predicted molar refractivity (Wildman–Crippen MR) is 143 cm³/mol. The predicted octanol–water partition coefficient (Wildman–Crippen LogP) is 7.09. The Hall–Kier alpha value is -2.77. The summed E-state index contributed by atoms with van der Waals surface area (Å²) in [6.45, 7) is 17.8. The maximum atomic E-state index is 13.8. The topological polar surface area (TPSA) is 51.2 Å². The summed E-state index contributed by atoms with van der Waals surface area (Å²) in [4.78, 5) is 26.9. The van der Waals surface area contributed by atoms with E-state index >= 15 is 0 Å². The van der Waals surface area contributed by atoms with Crippen molar-refractivity contribution in [3.8, 4) is 0 Å². The maximum absolute atomic E-state index is 13.8. The molecule has 4 heteroatoms. The third-order valence-corrected chi connectivity index (χ3v) is 8.81. The molecule has 0 aliphatic carbocycles. The molecule has 0 heterocycles. The Morgan fingerprint density at radius 2 is 1.18 bits per heavy atom. The van der Waals surface area contributed by atoms with Crippen LogP contribution in [0, 0.1) is 41.5 Å². The van der Waals surface area contributed by atoms with Gasteiger partial charge in [-0.25, -0.2) is 0 Å². The van der Waals surface area contributed by atoms with Crippen molar-refractivity contribution in [2.75, 3.05) is 0 Å². The van der Waals surface area contributed by atoms with Crippen molar-refractivity contribution >= 4 is 24.4 Å². The normalized spacial score (nSPS) is 12.5. The van der Waals surface area contributed by atoms with Crippen molar-refractivity contribution in [1.82, 2.24) is 0 Å². The van der Waals surface area contributed by atoms with Crippen LogP contribution < -0.4 is 5.30 Å². The lowest BCUT2D eigenvalue weighted by atomic mass is 9.84. The molecule has 1 unspecified atom stereocenters. The molecule has 0 N–H and O–H groups in total. The van der Waals surface area contributed by atoms with Gasteiger partial charge < -0.3 is 4.57 Å². The lowest BCUT2D eigenvalue weighted by Gasteiger charge is -2.23. The Labute approximate surface area is 204 Å². The van der Waals surface area contributed by atoms with Crippen LogP contribution in [0.5, 0.6) is 0 Å². The highest BCUT2D eigenvalue weighted by atomic mass is 31.1. The molecule has 1 atom stereocenters. The molecule has 0 spiro atoms. The van der Waals surface area contributed by atoms with Crippen LogP contribution >= 0.6 is 7.80 Å². The first-order valence-electron chi connectivity index (χ1n) is 11.7. The van der Waals surface area contributed by atoms with Gasteiger partial charge in [0.15, 0.2) is 13.6 Å². The summed E-state index contributed by atoms with van der Waals surface area (Å²) in [5.74, 6) is -0.0520. The van der Waals surface area contributed by atoms with Crippen LogP contribution in [0.3, 0.4) is 0 Å². The third kappa shape index (κ3) is 4.59. The standard InChI is InChI=1S/C30H35O3P/c1-17-15-24(30(7,8)9)16-18(2)25(17)29(32)34(33)28-21(5)19(3)26(20(4)22(28)6)27(31)23-13-11-10-12-14-23/h10-16,34H,1-9H3. The minimum absolute atomic E-state index is 0.0368. The molecule has 0 amide bonds. The van der Waals surface area contributed by atoms with Crippen molar-refractivity contribution in [2.24, 2.45) is 0 Å². The number of rotatable bonds is 5. The third-order valence-electron chi connectivity index (χ3n) is 6.95. The molecule has 34 heavy (non-hydrogen) atoms. The Balaban J connectivity index is 2.12. The minimum Gasteiger partial charge on any atom is -0.313 e. The Bertz CT molecular complexity index is 1270. The maximum Gasteiger partial charge on any atom is 0.223 e. The number of benzene rings is 3. The molecule has 3 aromatic carbocycles. The summed E-state index contributed by atoms with van der Waals surface area (Å²) in [5.41, 5.74) is 7.42. The molecular formula is C30H35O3P. The fourth-order valence-electron chi connectivity index (χ4n) is 4.71. The van der Waals surface area contributed by atoms with Gasteiger partial charge in [-0.1, -0.05) is 63.2 Å². The zero-order valence-corrected chi connectivity index (χ0v) is 22.8. The average Bonchev–Trinajstić information content (AvgIpc) is 2.77. The van der Waals surface area contributed by atoms with Gasteiger partial charge in [0, 0.05) is 22.0 Å². The van der Waals surface area contributed by atoms with Crippen molar-refractivity contribution < 1.29 is 14.2 Å². The highest BCUT2D eigenvalue weighted by Crippen LogP contribution is 2.37. The summed E-state index contributed by atoms with van der Waals surface area (Å²) in [6, 6.07) is 13.3. The molecule has 0 saturated carbocycles. The Kier molecular flexibility index (Phi) is 7.20. The van der Waals surface area contributed by atoms with Gasteiger partial charge in [0.05, 0.1) is 0 Å². The second-order valence-corrected chi connectivity index (χ2v) is 12.0. The molecule has 0 aliphatic rings. The SMILES string of the molecule is Cc1cc(C(C)(C)C)cc(C)c1C(=O)[PH](=O)c1c(C)c(C)c(C(=O)c2ccccc2)c(C)c1C. The van der Waals surface area contributed by atoms with E-state index in [-0.39, 0.29) is 16.7 Å². The number of hydrogen-bond donors (Lipinski definition) is 0. The summed E-state index contributed by atoms with van der Waals surface area (Å²) in [5, 5.41) is 0.591. The second-order valence-electron chi connectivity index (χ2n) is 10.3. The van der Waals surface area contributed by atoms with Crippen LogP contribution in [0.4, 0.5) is 0 Å². The molecule has 0 fully saturated rings. The highest BCUT2D eigenvalue weighted by molar-refractivity contribution is 7.71. The van der Waals surface area contributed by atoms with Gasteiger partial charge in [0.2, 0.25) is 5.52 Å². The molecule has 0 bridgehead atoms. The van der Waals surface area contributed by atoms with Gasteiger partial charge in [0.1, 0.15) is 0 Å². The van der Waals surface area contributed by atoms with E-state index in [0.29, 0.717) is 22.0 Å². The molecular weight excluding hydrogens is 439 g/mol. The van der Waals surface area contributed by atoms with Crippen molar-refractivity contribution in [1.29, 1.82) is 0 Å². The fourth-order valence-corrected chi connectivity index (χ4v) is 6.61. The van der Waals surface area contributed by atoms with Crippen LogP contribution in [-0.4, -0.2) is 11.3 Å². The van der Waals surface area contributed by atoms with Crippen molar-refractivity contribution in [2.45, 2.75) is 67.7 Å². The van der Waals surface area contributed by atoms with Crippen molar-refractivity contribution in [3.63, 3.8) is 0 Å². The van der Waals surface area contributed by atoms with E-state index in [9.17, 15) is 14.2 Å². The molecule has 3 aromatic rings. The van der Waals surface area contributed by atoms with Gasteiger partial charge >= 0.3 is 0 Å². The number of carbonyl (C=O) groups excluding carboxylic acids is 2. The Morgan fingerprint density at radius 3 is 1.62 bits per heavy atom. The monoisotopic (exact) mass is 474 g/mol. The van der Waals surface area contributed by atoms with Crippen LogP contribution in [0.15, 0.2) is 42.5 Å². The molecule has 0 aliphatic heterocycles. The van der Waals surface area contributed by atoms with Gasteiger partial charge in [0.25, 0.3) is 0 Å². The van der Waals surface area contributed by atoms with Crippen LogP contribution in [0.2, 0.25) is 0 Å². The first kappa shape index (κ1) is 25.8. The minimum atomic E-state index is -2.80. The molecule has 0 radical (unpaired) electrons. The van der Waals surface area contributed by atoms with E-state index in [1.54, 1.807) is 12.1 Å². The van der Waals surface area contributed by atoms with Gasteiger partial charge in [-0.05, 0) is 85.9 Å². The summed E-state index contributed by atoms with van der Waals surface area (Å²) in [7, 11) is -2.80. The number of ketones is 1. The molecule has 178 valence electrons. The Morgan fingerprint density at radius 1 is 0.706 bits per heavy atom. The lowest BCUT2D eigenvalue weighted by molar-refractivity contribution is 0.103. The summed E-state index contributed by atoms with van der Waals surface area (Å²) >= 11 is 0. The lowest BCUT2D eigenvalue weighted by Crippen LogP contribution is -2.20. The van der Waals surface area contributed by atoms with Gasteiger partial charge in [-0.15, -0.1) is 0 Å². The smallest absolute Gasteiger partial charge is 0.223 e. The van der Waals surface area contributed by atoms with E-state index in [0.717, 1.165) is 38.9 Å². The number of carbonyl (C=O) groups is 2. The first-order valence-corrected chi connectivity index (χ1v) is 13.1. The zero-order chi connectivity index (χ0) is 25.5. The van der Waals surface area contributed by atoms with E-state index in [4.69, 9.17) is 0 Å². The van der Waals surface area contributed by atoms with Crippen LogP contribution in [0.1, 0.15) is 86.0 Å². The second kappa shape index (κ2) is 9.47. The molecule has 0 saturated heterocycles. The molecule has 3 nitrogen and oxygen atoms in total. The fraction of sp³-hybridized carbons (Fsp3) is 0.333. The molecule has 0 aromatic heterocycles. The first-order chi connectivity index (χ1) is 15.8. The van der Waals surface area contributed by atoms with E-state index in [1.165, 1.54) is 0 Å². The van der Waals surface area contributed by atoms with E-state index in [1.807, 2.05) is 71.9 Å². The number of hydrogen-bond acceptors (Lipinski definition) is 3. The van der Waals surface area contributed by atoms with Crippen molar-refractivity contribution in [3.05, 3.63) is 98.1 Å². The largest absolute Gasteiger partial charge is 0.313 e. The zero-order valence-electron chi connectivity index (χ0n) is 21.8. The number of aryl methyl sites for hydroxylation is 2. The molecule has 3 rings (SSSR count). The van der Waals surface area contributed by atoms with Crippen LogP contribution in [-0.2, 0) is 9.98 Å². The quantitative estimate of drug-likeness (QED) is 0.293. The average molecular weight is 475 g/mol. The van der Waals surface area contributed by atoms with E-state index in [2.05, 4.69) is 20.8 Å². The van der Waals surface area contributed by atoms with Gasteiger partial charge in [-0.3, -0.25) is 9.59 Å². The highest BCUT2D eigenvalue weighted by Gasteiger charge is 2.28. The summed E-state index contributed by atoms with van der Waals surface area (Å²) in [6.07, 6.45) is 0. The van der Waals surface area contributed by atoms with E-state index < -0.39 is 7.80 Å². The van der Waals surface area contributed by atoms with Crippen LogP contribution in [0.25, 0.3) is 0 Å². The summed E-state index contributed by atoms with van der Waals surface area (Å²) < 4.78 is 13.8. The van der Waals surface area contributed by atoms with Gasteiger partial charge in [-0.2, -0.15) is 0 Å².